The van der Waals surface area contributed by atoms with Crippen molar-refractivity contribution in [3.05, 3.63) is 34.9 Å². The van der Waals surface area contributed by atoms with Gasteiger partial charge in [0.25, 0.3) is 0 Å². The number of hydrogen-bond acceptors (Lipinski definition) is 5. The quantitative estimate of drug-likeness (QED) is 0.237. The van der Waals surface area contributed by atoms with Gasteiger partial charge in [0, 0.05) is 26.8 Å². The molecule has 3 fully saturated rings. The molecule has 1 heterocycles. The third-order valence-electron chi connectivity index (χ3n) is 6.15. The van der Waals surface area contributed by atoms with Crippen LogP contribution in [-0.2, 0) is 19.1 Å². The average Bonchev–Trinajstić information content (AvgIpc) is 3.30. The van der Waals surface area contributed by atoms with E-state index in [0.29, 0.717) is 10.6 Å². The first-order chi connectivity index (χ1) is 13.8. The van der Waals surface area contributed by atoms with E-state index in [1.54, 1.807) is 24.3 Å². The first-order valence-corrected chi connectivity index (χ1v) is 11.6. The number of amides is 2. The van der Waals surface area contributed by atoms with Gasteiger partial charge in [0.05, 0.1) is 18.3 Å². The zero-order chi connectivity index (χ0) is 20.9. The van der Waals surface area contributed by atoms with Crippen LogP contribution in [0.15, 0.2) is 24.3 Å². The molecule has 0 unspecified atom stereocenters. The summed E-state index contributed by atoms with van der Waals surface area (Å²) in [4.78, 5) is 51.2. The maximum Gasteiger partial charge on any atom is 0.308 e. The second-order valence-electron chi connectivity index (χ2n) is 7.67. The number of ketones is 1. The van der Waals surface area contributed by atoms with Gasteiger partial charge in [-0.2, -0.15) is 0 Å². The van der Waals surface area contributed by atoms with Gasteiger partial charge in [-0.05, 0) is 42.5 Å². The average molecular weight is 548 g/mol. The molecule has 0 spiro atoms. The number of hydrogen-bond donors (Lipinski definition) is 0. The summed E-state index contributed by atoms with van der Waals surface area (Å²) < 4.78 is 5.02. The third-order valence-corrected chi connectivity index (χ3v) is 9.61. The molecule has 9 heteroatoms. The van der Waals surface area contributed by atoms with Crippen molar-refractivity contribution in [2.24, 2.45) is 23.7 Å². The van der Waals surface area contributed by atoms with Crippen LogP contribution in [0.25, 0.3) is 0 Å². The minimum atomic E-state index is -0.621. The second-order valence-corrected chi connectivity index (χ2v) is 10.2. The van der Waals surface area contributed by atoms with E-state index in [9.17, 15) is 19.2 Å². The van der Waals surface area contributed by atoms with Crippen LogP contribution in [0.4, 0.5) is 0 Å². The van der Waals surface area contributed by atoms with Crippen molar-refractivity contribution in [1.82, 2.24) is 4.90 Å². The molecular weight excluding hydrogens is 529 g/mol. The number of nitrogens with zero attached hydrogens (tertiary/aromatic N) is 1. The predicted octanol–water partition coefficient (Wildman–Crippen LogP) is 3.23. The zero-order valence-corrected chi connectivity index (χ0v) is 19.2. The number of imide groups is 1. The summed E-state index contributed by atoms with van der Waals surface area (Å²) in [5.74, 6) is -1.67. The van der Waals surface area contributed by atoms with Gasteiger partial charge in [-0.25, -0.2) is 0 Å². The number of alkyl halides is 2. The number of likely N-dealkylation sites (tertiary alicyclic amines) is 1. The van der Waals surface area contributed by atoms with Crippen LogP contribution in [0.5, 0.6) is 0 Å². The molecular formula is C20H18Br2ClNO5. The van der Waals surface area contributed by atoms with Crippen LogP contribution in [0.3, 0.4) is 0 Å². The third kappa shape index (κ3) is 3.68. The Labute approximate surface area is 189 Å². The van der Waals surface area contributed by atoms with Gasteiger partial charge >= 0.3 is 5.97 Å². The normalized spacial score (nSPS) is 32.6. The smallest absolute Gasteiger partial charge is 0.308 e. The summed E-state index contributed by atoms with van der Waals surface area (Å²) in [6.07, 6.45) is 0.733. The van der Waals surface area contributed by atoms with Crippen LogP contribution in [0, 0.1) is 23.7 Å². The monoisotopic (exact) mass is 545 g/mol. The summed E-state index contributed by atoms with van der Waals surface area (Å²) >= 11 is 13.1. The van der Waals surface area contributed by atoms with E-state index in [1.807, 2.05) is 0 Å². The molecule has 0 N–H and O–H groups in total. The SMILES string of the molecule is O=C(CCN1C(=O)[C@H]2[C@@H]3C[C@@H]([C@@H](Br)[C@H]3Br)[C@@H]2C1=O)OCC(=O)c1ccc(Cl)cc1. The van der Waals surface area contributed by atoms with E-state index in [1.165, 1.54) is 4.90 Å². The summed E-state index contributed by atoms with van der Waals surface area (Å²) in [5.41, 5.74) is 0.393. The van der Waals surface area contributed by atoms with Crippen LogP contribution in [0.1, 0.15) is 23.2 Å². The Morgan fingerprint density at radius 2 is 1.59 bits per heavy atom. The number of halogens is 3. The molecule has 0 aromatic heterocycles. The van der Waals surface area contributed by atoms with E-state index in [0.717, 1.165) is 6.42 Å². The molecule has 6 nitrogen and oxygen atoms in total. The van der Waals surface area contributed by atoms with E-state index in [4.69, 9.17) is 16.3 Å². The Morgan fingerprint density at radius 3 is 2.14 bits per heavy atom. The van der Waals surface area contributed by atoms with Crippen molar-refractivity contribution in [1.29, 1.82) is 0 Å². The molecule has 29 heavy (non-hydrogen) atoms. The Hall–Kier alpha value is -1.25. The molecule has 1 saturated heterocycles. The number of carbonyl (C=O) groups is 4. The predicted molar refractivity (Wildman–Crippen MR) is 112 cm³/mol. The van der Waals surface area contributed by atoms with Crippen molar-refractivity contribution >= 4 is 67.0 Å². The number of Topliss-reactive ketones (excluding diaryl/α,β-unsaturated/α-hetero) is 1. The molecule has 1 aromatic rings. The molecule has 1 aliphatic heterocycles. The molecule has 3 aliphatic rings. The molecule has 2 amide bonds. The minimum absolute atomic E-state index is 0.0159. The van der Waals surface area contributed by atoms with E-state index >= 15 is 0 Å². The van der Waals surface area contributed by atoms with Crippen molar-refractivity contribution in [2.75, 3.05) is 13.2 Å². The lowest BCUT2D eigenvalue weighted by Gasteiger charge is -2.28. The fourth-order valence-electron chi connectivity index (χ4n) is 4.77. The summed E-state index contributed by atoms with van der Waals surface area (Å²) in [5, 5.41) is 0.508. The van der Waals surface area contributed by atoms with Crippen molar-refractivity contribution in [2.45, 2.75) is 22.5 Å². The lowest BCUT2D eigenvalue weighted by atomic mass is 9.81. The fraction of sp³-hybridized carbons (Fsp3) is 0.500. The van der Waals surface area contributed by atoms with Gasteiger partial charge < -0.3 is 4.74 Å². The molecule has 4 rings (SSSR count). The highest BCUT2D eigenvalue weighted by molar-refractivity contribution is 9.12. The number of esters is 1. The molecule has 2 saturated carbocycles. The van der Waals surface area contributed by atoms with Gasteiger partial charge in [0.1, 0.15) is 0 Å². The molecule has 6 atom stereocenters. The van der Waals surface area contributed by atoms with E-state index in [2.05, 4.69) is 31.9 Å². The zero-order valence-electron chi connectivity index (χ0n) is 15.2. The van der Waals surface area contributed by atoms with Crippen molar-refractivity contribution in [3.63, 3.8) is 0 Å². The Kier molecular flexibility index (Phi) is 5.88. The summed E-state index contributed by atoms with van der Waals surface area (Å²) in [6, 6.07) is 6.28. The van der Waals surface area contributed by atoms with E-state index < -0.39 is 12.6 Å². The van der Waals surface area contributed by atoms with Crippen LogP contribution < -0.4 is 0 Å². The first kappa shape index (κ1) is 21.0. The standard InChI is InChI=1S/C20H18Br2ClNO5/c21-17-11-7-12(18(17)22)16-15(11)19(27)24(20(16)28)6-5-14(26)29-8-13(25)9-1-3-10(23)4-2-9/h1-4,11-12,15-18H,5-8H2/t11-,12+,15-,16-,17-,18+/m0/s1. The van der Waals surface area contributed by atoms with Gasteiger partial charge in [-0.1, -0.05) is 43.5 Å². The lowest BCUT2D eigenvalue weighted by molar-refractivity contribution is -0.145. The Morgan fingerprint density at radius 1 is 1.03 bits per heavy atom. The van der Waals surface area contributed by atoms with Crippen molar-refractivity contribution in [3.8, 4) is 0 Å². The molecule has 1 aromatic carbocycles. The second kappa shape index (κ2) is 8.12. The van der Waals surface area contributed by atoms with Gasteiger partial charge in [-0.15, -0.1) is 0 Å². The highest BCUT2D eigenvalue weighted by Crippen LogP contribution is 2.60. The van der Waals surface area contributed by atoms with Gasteiger partial charge in [0.15, 0.2) is 12.4 Å². The molecule has 2 aliphatic carbocycles. The van der Waals surface area contributed by atoms with Crippen LogP contribution in [-0.4, -0.2) is 51.3 Å². The Balaban J connectivity index is 1.30. The van der Waals surface area contributed by atoms with Crippen LogP contribution >= 0.6 is 43.5 Å². The Bertz CT molecular complexity index is 844. The first-order valence-electron chi connectivity index (χ1n) is 9.37. The van der Waals surface area contributed by atoms with Gasteiger partial charge in [0.2, 0.25) is 11.8 Å². The number of carbonyl (C=O) groups excluding carboxylic acids is 4. The van der Waals surface area contributed by atoms with Crippen molar-refractivity contribution < 1.29 is 23.9 Å². The molecule has 0 radical (unpaired) electrons. The fourth-order valence-corrected chi connectivity index (χ4v) is 6.77. The largest absolute Gasteiger partial charge is 0.457 e. The number of fused-ring (bicyclic) bond motifs is 5. The topological polar surface area (TPSA) is 80.8 Å². The molecule has 154 valence electrons. The summed E-state index contributed by atoms with van der Waals surface area (Å²) in [6.45, 7) is -0.410. The lowest BCUT2D eigenvalue weighted by Crippen LogP contribution is -2.37. The highest BCUT2D eigenvalue weighted by atomic mass is 79.9. The maximum atomic E-state index is 12.8. The number of ether oxygens (including phenoxy) is 1. The highest BCUT2D eigenvalue weighted by Gasteiger charge is 2.66. The number of benzene rings is 1. The van der Waals surface area contributed by atoms with Gasteiger partial charge in [-0.3, -0.25) is 24.1 Å². The van der Waals surface area contributed by atoms with Crippen LogP contribution in [0.2, 0.25) is 5.02 Å². The molecule has 2 bridgehead atoms. The number of rotatable bonds is 6. The van der Waals surface area contributed by atoms with E-state index in [-0.39, 0.29) is 63.9 Å². The maximum absolute atomic E-state index is 12.8. The minimum Gasteiger partial charge on any atom is -0.457 e. The summed E-state index contributed by atoms with van der Waals surface area (Å²) in [7, 11) is 0.